The highest BCUT2D eigenvalue weighted by Gasteiger charge is 2.16. The number of aromatic nitrogens is 2. The van der Waals surface area contributed by atoms with Crippen molar-refractivity contribution in [3.05, 3.63) is 65.8 Å². The molecule has 0 saturated heterocycles. The molecule has 0 atom stereocenters. The Balaban J connectivity index is 2.29. The van der Waals surface area contributed by atoms with Gasteiger partial charge in [0.25, 0.3) is 11.2 Å². The van der Waals surface area contributed by atoms with Crippen molar-refractivity contribution in [2.45, 2.75) is 6.54 Å². The molecule has 0 aliphatic heterocycles. The molecule has 0 aliphatic carbocycles. The number of nitro groups is 1. The van der Waals surface area contributed by atoms with Crippen LogP contribution in [0.4, 0.5) is 11.5 Å². The standard InChI is InChI=1S/C11H9ClN4O4/c12-7-2-1-3-8(16(19)20)6(7)5-13-9-4-10(17)15-11(18)14-9/h1-4H,5H2,(H3,13,14,15,17,18). The van der Waals surface area contributed by atoms with E-state index in [1.165, 1.54) is 18.2 Å². The van der Waals surface area contributed by atoms with Gasteiger partial charge in [-0.25, -0.2) is 4.79 Å². The molecule has 20 heavy (non-hydrogen) atoms. The lowest BCUT2D eigenvalue weighted by Crippen LogP contribution is -2.22. The number of nitrogens with zero attached hydrogens (tertiary/aromatic N) is 1. The highest BCUT2D eigenvalue weighted by atomic mass is 35.5. The Morgan fingerprint density at radius 2 is 2.05 bits per heavy atom. The quantitative estimate of drug-likeness (QED) is 0.579. The average Bonchev–Trinajstić information content (AvgIpc) is 2.35. The zero-order valence-corrected chi connectivity index (χ0v) is 10.7. The normalized spacial score (nSPS) is 10.2. The molecule has 0 saturated carbocycles. The first-order valence-corrected chi connectivity index (χ1v) is 5.84. The Labute approximate surface area is 116 Å². The third-order valence-corrected chi connectivity index (χ3v) is 2.86. The highest BCUT2D eigenvalue weighted by Crippen LogP contribution is 2.26. The van der Waals surface area contributed by atoms with E-state index in [9.17, 15) is 19.7 Å². The maximum absolute atomic E-state index is 11.1. The molecule has 1 heterocycles. The first-order valence-electron chi connectivity index (χ1n) is 5.46. The first kappa shape index (κ1) is 13.8. The summed E-state index contributed by atoms with van der Waals surface area (Å²) in [6.45, 7) is -0.00458. The lowest BCUT2D eigenvalue weighted by molar-refractivity contribution is -0.385. The van der Waals surface area contributed by atoms with Crippen molar-refractivity contribution in [2.75, 3.05) is 5.32 Å². The van der Waals surface area contributed by atoms with Crippen LogP contribution in [0.5, 0.6) is 0 Å². The number of hydrogen-bond acceptors (Lipinski definition) is 5. The van der Waals surface area contributed by atoms with Crippen LogP contribution in [-0.2, 0) is 6.54 Å². The molecular formula is C11H9ClN4O4. The SMILES string of the molecule is O=c1cc(NCc2c(Cl)cccc2[N+](=O)[O-])[nH]c(=O)[nH]1. The number of nitro benzene ring substituents is 1. The van der Waals surface area contributed by atoms with Crippen molar-refractivity contribution in [1.29, 1.82) is 0 Å². The van der Waals surface area contributed by atoms with E-state index < -0.39 is 16.2 Å². The number of halogens is 1. The van der Waals surface area contributed by atoms with E-state index in [4.69, 9.17) is 11.6 Å². The van der Waals surface area contributed by atoms with Crippen molar-refractivity contribution in [2.24, 2.45) is 0 Å². The monoisotopic (exact) mass is 296 g/mol. The lowest BCUT2D eigenvalue weighted by atomic mass is 10.2. The van der Waals surface area contributed by atoms with E-state index in [1.54, 1.807) is 0 Å². The first-order chi connectivity index (χ1) is 9.47. The fourth-order valence-electron chi connectivity index (χ4n) is 1.64. The van der Waals surface area contributed by atoms with Crippen molar-refractivity contribution in [3.8, 4) is 0 Å². The van der Waals surface area contributed by atoms with Gasteiger partial charge in [-0.05, 0) is 6.07 Å². The number of aromatic amines is 2. The van der Waals surface area contributed by atoms with E-state index in [0.29, 0.717) is 0 Å². The van der Waals surface area contributed by atoms with Gasteiger partial charge >= 0.3 is 5.69 Å². The molecule has 0 bridgehead atoms. The molecule has 2 aromatic rings. The molecule has 0 radical (unpaired) electrons. The van der Waals surface area contributed by atoms with Crippen LogP contribution in [0.15, 0.2) is 33.9 Å². The van der Waals surface area contributed by atoms with Gasteiger partial charge in [0, 0.05) is 18.7 Å². The highest BCUT2D eigenvalue weighted by molar-refractivity contribution is 6.31. The lowest BCUT2D eigenvalue weighted by Gasteiger charge is -2.07. The molecule has 104 valence electrons. The summed E-state index contributed by atoms with van der Waals surface area (Å²) in [5.74, 6) is 0.146. The second-order valence-electron chi connectivity index (χ2n) is 3.85. The minimum atomic E-state index is -0.673. The summed E-state index contributed by atoms with van der Waals surface area (Å²) in [6.07, 6.45) is 0. The fraction of sp³-hybridized carbons (Fsp3) is 0.0909. The van der Waals surface area contributed by atoms with Crippen LogP contribution in [0.3, 0.4) is 0 Å². The molecule has 0 spiro atoms. The molecule has 3 N–H and O–H groups in total. The third kappa shape index (κ3) is 3.04. The number of H-pyrrole nitrogens is 2. The summed E-state index contributed by atoms with van der Waals surface area (Å²) in [5.41, 5.74) is -1.13. The smallest absolute Gasteiger partial charge is 0.327 e. The molecule has 0 aliphatic rings. The zero-order chi connectivity index (χ0) is 14.7. The van der Waals surface area contributed by atoms with Crippen LogP contribution in [0.1, 0.15) is 5.56 Å². The zero-order valence-electron chi connectivity index (χ0n) is 9.97. The van der Waals surface area contributed by atoms with Crippen LogP contribution >= 0.6 is 11.6 Å². The molecule has 1 aromatic carbocycles. The van der Waals surface area contributed by atoms with Crippen molar-refractivity contribution in [1.82, 2.24) is 9.97 Å². The van der Waals surface area contributed by atoms with E-state index >= 15 is 0 Å². The fourth-order valence-corrected chi connectivity index (χ4v) is 1.88. The van der Waals surface area contributed by atoms with Crippen LogP contribution in [0, 0.1) is 10.1 Å². The molecule has 9 heteroatoms. The summed E-state index contributed by atoms with van der Waals surface area (Å²) in [7, 11) is 0. The van der Waals surface area contributed by atoms with Crippen molar-refractivity contribution in [3.63, 3.8) is 0 Å². The molecule has 1 aromatic heterocycles. The molecule has 8 nitrogen and oxygen atoms in total. The second kappa shape index (κ2) is 5.57. The Hall–Kier alpha value is -2.61. The number of anilines is 1. The van der Waals surface area contributed by atoms with E-state index in [2.05, 4.69) is 10.3 Å². The van der Waals surface area contributed by atoms with Gasteiger partial charge in [0.15, 0.2) is 0 Å². The van der Waals surface area contributed by atoms with Crippen LogP contribution in [0.25, 0.3) is 0 Å². The van der Waals surface area contributed by atoms with Crippen LogP contribution in [-0.4, -0.2) is 14.9 Å². The summed E-state index contributed by atoms with van der Waals surface area (Å²) in [6, 6.07) is 5.44. The minimum absolute atomic E-state index is 0.00458. The topological polar surface area (TPSA) is 121 Å². The average molecular weight is 297 g/mol. The Bertz CT molecular complexity index is 739. The summed E-state index contributed by atoms with van der Waals surface area (Å²) >= 11 is 5.92. The van der Waals surface area contributed by atoms with Gasteiger partial charge in [0.05, 0.1) is 15.5 Å². The van der Waals surface area contributed by atoms with Gasteiger partial charge in [-0.2, -0.15) is 0 Å². The maximum atomic E-state index is 11.1. The van der Waals surface area contributed by atoms with Crippen molar-refractivity contribution >= 4 is 23.1 Å². The molecular weight excluding hydrogens is 288 g/mol. The number of nitrogens with one attached hydrogen (secondary N) is 3. The van der Waals surface area contributed by atoms with Gasteiger partial charge in [0.1, 0.15) is 5.82 Å². The van der Waals surface area contributed by atoms with Crippen LogP contribution < -0.4 is 16.6 Å². The van der Waals surface area contributed by atoms with E-state index in [1.807, 2.05) is 4.98 Å². The molecule has 0 fully saturated rings. The number of rotatable bonds is 4. The molecule has 0 amide bonds. The Morgan fingerprint density at radius 1 is 1.30 bits per heavy atom. The summed E-state index contributed by atoms with van der Waals surface area (Å²) < 4.78 is 0. The summed E-state index contributed by atoms with van der Waals surface area (Å²) in [5, 5.41) is 13.8. The van der Waals surface area contributed by atoms with Gasteiger partial charge in [-0.1, -0.05) is 17.7 Å². The number of hydrogen-bond donors (Lipinski definition) is 3. The molecule has 0 unspecified atom stereocenters. The third-order valence-electron chi connectivity index (χ3n) is 2.51. The van der Waals surface area contributed by atoms with Gasteiger partial charge in [-0.3, -0.25) is 24.9 Å². The maximum Gasteiger partial charge on any atom is 0.327 e. The Morgan fingerprint density at radius 3 is 2.70 bits per heavy atom. The minimum Gasteiger partial charge on any atom is -0.367 e. The van der Waals surface area contributed by atoms with E-state index in [-0.39, 0.29) is 28.6 Å². The number of benzene rings is 1. The Kier molecular flexibility index (Phi) is 3.85. The van der Waals surface area contributed by atoms with E-state index in [0.717, 1.165) is 6.07 Å². The van der Waals surface area contributed by atoms with Crippen molar-refractivity contribution < 1.29 is 4.92 Å². The van der Waals surface area contributed by atoms with Gasteiger partial charge < -0.3 is 5.32 Å². The van der Waals surface area contributed by atoms with Crippen LogP contribution in [0.2, 0.25) is 5.02 Å². The largest absolute Gasteiger partial charge is 0.367 e. The second-order valence-corrected chi connectivity index (χ2v) is 4.26. The van der Waals surface area contributed by atoms with Gasteiger partial charge in [-0.15, -0.1) is 0 Å². The van der Waals surface area contributed by atoms with Gasteiger partial charge in [0.2, 0.25) is 0 Å². The predicted octanol–water partition coefficient (Wildman–Crippen LogP) is 1.24. The molecule has 2 rings (SSSR count). The summed E-state index contributed by atoms with van der Waals surface area (Å²) in [4.78, 5) is 36.9. The predicted molar refractivity (Wildman–Crippen MR) is 73.1 cm³/mol.